The van der Waals surface area contributed by atoms with Gasteiger partial charge >= 0.3 is 11.9 Å². The number of carbonyl (C=O) groups excluding carboxylic acids is 1. The Balaban J connectivity index is 3.99. The van der Waals surface area contributed by atoms with Crippen molar-refractivity contribution in [3.8, 4) is 0 Å². The molecule has 8 nitrogen and oxygen atoms in total. The SMILES string of the molecule is NCCC(=O)NN[C@@H](CCC(=O)O)C(=O)O. The fourth-order valence-electron chi connectivity index (χ4n) is 0.886. The van der Waals surface area contributed by atoms with Crippen molar-refractivity contribution in [2.24, 2.45) is 5.73 Å². The molecule has 0 bridgehead atoms. The number of carboxylic acids is 2. The number of nitrogens with one attached hydrogen (secondary N) is 2. The van der Waals surface area contributed by atoms with E-state index in [2.05, 4.69) is 10.9 Å². The number of amides is 1. The van der Waals surface area contributed by atoms with Crippen molar-refractivity contribution in [3.05, 3.63) is 0 Å². The predicted molar refractivity (Wildman–Crippen MR) is 53.2 cm³/mol. The highest BCUT2D eigenvalue weighted by molar-refractivity contribution is 5.78. The van der Waals surface area contributed by atoms with Crippen molar-refractivity contribution in [2.45, 2.75) is 25.3 Å². The fourth-order valence-corrected chi connectivity index (χ4v) is 0.886. The lowest BCUT2D eigenvalue weighted by Gasteiger charge is -2.13. The molecule has 0 radical (unpaired) electrons. The zero-order chi connectivity index (χ0) is 12.6. The predicted octanol–water partition coefficient (Wildman–Crippen LogP) is -1.73. The van der Waals surface area contributed by atoms with Crippen LogP contribution in [0.25, 0.3) is 0 Å². The van der Waals surface area contributed by atoms with Gasteiger partial charge in [-0.1, -0.05) is 0 Å². The van der Waals surface area contributed by atoms with Gasteiger partial charge in [0.15, 0.2) is 0 Å². The van der Waals surface area contributed by atoms with Crippen molar-refractivity contribution < 1.29 is 24.6 Å². The third kappa shape index (κ3) is 6.74. The zero-order valence-electron chi connectivity index (χ0n) is 8.60. The van der Waals surface area contributed by atoms with Crippen LogP contribution in [0, 0.1) is 0 Å². The minimum atomic E-state index is -1.23. The van der Waals surface area contributed by atoms with E-state index in [0.29, 0.717) is 0 Å². The van der Waals surface area contributed by atoms with E-state index < -0.39 is 23.9 Å². The second kappa shape index (κ2) is 7.60. The summed E-state index contributed by atoms with van der Waals surface area (Å²) in [6.45, 7) is 0.153. The molecule has 0 unspecified atom stereocenters. The third-order valence-electron chi connectivity index (χ3n) is 1.70. The van der Waals surface area contributed by atoms with Crippen molar-refractivity contribution in [2.75, 3.05) is 6.54 Å². The maximum absolute atomic E-state index is 10.9. The number of hydrazine groups is 1. The van der Waals surface area contributed by atoms with Gasteiger partial charge in [-0.15, -0.1) is 0 Å². The molecule has 0 rings (SSSR count). The second-order valence-corrected chi connectivity index (χ2v) is 3.05. The minimum Gasteiger partial charge on any atom is -0.481 e. The first-order valence-electron chi connectivity index (χ1n) is 4.66. The van der Waals surface area contributed by atoms with Crippen molar-refractivity contribution in [1.82, 2.24) is 10.9 Å². The molecule has 16 heavy (non-hydrogen) atoms. The Hall–Kier alpha value is -1.67. The monoisotopic (exact) mass is 233 g/mol. The average Bonchev–Trinajstić information content (AvgIpc) is 2.17. The first kappa shape index (κ1) is 14.3. The molecular formula is C8H15N3O5. The molecule has 92 valence electrons. The summed E-state index contributed by atoms with van der Waals surface area (Å²) in [5, 5.41) is 17.1. The Bertz CT molecular complexity index is 268. The maximum atomic E-state index is 10.9. The lowest BCUT2D eigenvalue weighted by molar-refractivity contribution is -0.141. The fraction of sp³-hybridized carbons (Fsp3) is 0.625. The zero-order valence-corrected chi connectivity index (χ0v) is 8.60. The number of aliphatic carboxylic acids is 2. The molecule has 0 spiro atoms. The summed E-state index contributed by atoms with van der Waals surface area (Å²) in [5.74, 6) is -2.76. The summed E-state index contributed by atoms with van der Waals surface area (Å²) in [4.78, 5) is 31.8. The van der Waals surface area contributed by atoms with Gasteiger partial charge in [0.25, 0.3) is 0 Å². The molecule has 0 saturated carbocycles. The van der Waals surface area contributed by atoms with E-state index in [1.165, 1.54) is 0 Å². The van der Waals surface area contributed by atoms with Crippen LogP contribution in [0.4, 0.5) is 0 Å². The second-order valence-electron chi connectivity index (χ2n) is 3.05. The Labute approximate surface area is 91.8 Å². The maximum Gasteiger partial charge on any atom is 0.322 e. The van der Waals surface area contributed by atoms with Crippen LogP contribution in [-0.2, 0) is 14.4 Å². The van der Waals surface area contributed by atoms with E-state index in [-0.39, 0.29) is 25.8 Å². The lowest BCUT2D eigenvalue weighted by atomic mass is 10.2. The molecule has 0 heterocycles. The third-order valence-corrected chi connectivity index (χ3v) is 1.70. The molecule has 0 aliphatic carbocycles. The van der Waals surface area contributed by atoms with E-state index in [1.54, 1.807) is 0 Å². The topological polar surface area (TPSA) is 142 Å². The number of hydrogen-bond acceptors (Lipinski definition) is 5. The number of carboxylic acid groups (broad SMARTS) is 2. The first-order chi connectivity index (χ1) is 7.47. The number of rotatable bonds is 8. The Morgan fingerprint density at radius 2 is 1.81 bits per heavy atom. The quantitative estimate of drug-likeness (QED) is 0.314. The van der Waals surface area contributed by atoms with Crippen LogP contribution in [0.15, 0.2) is 0 Å². The summed E-state index contributed by atoms with van der Waals surface area (Å²) in [6.07, 6.45) is -0.345. The number of hydrogen-bond donors (Lipinski definition) is 5. The molecule has 0 aromatic heterocycles. The van der Waals surface area contributed by atoms with E-state index in [9.17, 15) is 14.4 Å². The van der Waals surface area contributed by atoms with Gasteiger partial charge in [-0.05, 0) is 6.42 Å². The molecule has 8 heteroatoms. The van der Waals surface area contributed by atoms with Gasteiger partial charge < -0.3 is 15.9 Å². The summed E-state index contributed by atoms with van der Waals surface area (Å²) < 4.78 is 0. The summed E-state index contributed by atoms with van der Waals surface area (Å²) in [6, 6.07) is -1.13. The van der Waals surface area contributed by atoms with Crippen LogP contribution in [0.1, 0.15) is 19.3 Å². The van der Waals surface area contributed by atoms with Gasteiger partial charge in [0.05, 0.1) is 0 Å². The highest BCUT2D eigenvalue weighted by Crippen LogP contribution is 1.96. The molecular weight excluding hydrogens is 218 g/mol. The lowest BCUT2D eigenvalue weighted by Crippen LogP contribution is -2.48. The molecule has 1 atom stereocenters. The Kier molecular flexibility index (Phi) is 6.81. The standard InChI is InChI=1S/C8H15N3O5/c9-4-3-6(12)11-10-5(8(15)16)1-2-7(13)14/h5,10H,1-4,9H2,(H,11,12)(H,13,14)(H,15,16)/t5-/m0/s1. The minimum absolute atomic E-state index is 0.0677. The molecule has 0 saturated heterocycles. The number of carbonyl (C=O) groups is 3. The van der Waals surface area contributed by atoms with E-state index in [4.69, 9.17) is 15.9 Å². The van der Waals surface area contributed by atoms with Gasteiger partial charge in [-0.2, -0.15) is 0 Å². The molecule has 0 aliphatic heterocycles. The van der Waals surface area contributed by atoms with Crippen molar-refractivity contribution in [3.63, 3.8) is 0 Å². The smallest absolute Gasteiger partial charge is 0.322 e. The van der Waals surface area contributed by atoms with Crippen LogP contribution in [-0.4, -0.2) is 40.6 Å². The van der Waals surface area contributed by atoms with E-state index >= 15 is 0 Å². The molecule has 0 aliphatic rings. The Morgan fingerprint density at radius 3 is 2.25 bits per heavy atom. The first-order valence-corrected chi connectivity index (χ1v) is 4.66. The summed E-state index contributed by atoms with van der Waals surface area (Å²) in [7, 11) is 0. The molecule has 0 aromatic rings. The van der Waals surface area contributed by atoms with Crippen LogP contribution >= 0.6 is 0 Å². The van der Waals surface area contributed by atoms with Gasteiger partial charge in [0.1, 0.15) is 6.04 Å². The van der Waals surface area contributed by atoms with Gasteiger partial charge in [-0.3, -0.25) is 19.8 Å². The average molecular weight is 233 g/mol. The molecule has 6 N–H and O–H groups in total. The van der Waals surface area contributed by atoms with E-state index in [1.807, 2.05) is 0 Å². The van der Waals surface area contributed by atoms with Crippen molar-refractivity contribution >= 4 is 17.8 Å². The van der Waals surface area contributed by atoms with Crippen LogP contribution in [0.5, 0.6) is 0 Å². The van der Waals surface area contributed by atoms with Crippen LogP contribution in [0.3, 0.4) is 0 Å². The Morgan fingerprint density at radius 1 is 1.19 bits per heavy atom. The van der Waals surface area contributed by atoms with E-state index in [0.717, 1.165) is 0 Å². The normalized spacial score (nSPS) is 11.8. The summed E-state index contributed by atoms with van der Waals surface area (Å²) >= 11 is 0. The van der Waals surface area contributed by atoms with Gasteiger partial charge in [-0.25, -0.2) is 5.43 Å². The van der Waals surface area contributed by atoms with Crippen LogP contribution in [0.2, 0.25) is 0 Å². The largest absolute Gasteiger partial charge is 0.481 e. The summed E-state index contributed by atoms with van der Waals surface area (Å²) in [5.41, 5.74) is 9.50. The highest BCUT2D eigenvalue weighted by Gasteiger charge is 2.18. The molecule has 0 aromatic carbocycles. The van der Waals surface area contributed by atoms with Gasteiger partial charge in [0.2, 0.25) is 5.91 Å². The highest BCUT2D eigenvalue weighted by atomic mass is 16.4. The van der Waals surface area contributed by atoms with Gasteiger partial charge in [0, 0.05) is 19.4 Å². The molecule has 1 amide bonds. The molecule has 0 fully saturated rings. The van der Waals surface area contributed by atoms with Crippen molar-refractivity contribution in [1.29, 1.82) is 0 Å². The van der Waals surface area contributed by atoms with Crippen LogP contribution < -0.4 is 16.6 Å². The number of nitrogens with two attached hydrogens (primary N) is 1.